The highest BCUT2D eigenvalue weighted by Gasteiger charge is 2.10. The van der Waals surface area contributed by atoms with Crippen LogP contribution in [0.4, 0.5) is 5.69 Å². The topological polar surface area (TPSA) is 65.7 Å². The molecular weight excluding hydrogens is 346 g/mol. The fourth-order valence-corrected chi connectivity index (χ4v) is 3.11. The Balaban J connectivity index is 1.81. The van der Waals surface area contributed by atoms with Crippen LogP contribution >= 0.6 is 0 Å². The molecular formula is C23H19N5. The van der Waals surface area contributed by atoms with Gasteiger partial charge in [-0.3, -0.25) is 0 Å². The second-order valence-electron chi connectivity index (χ2n) is 6.83. The highest BCUT2D eigenvalue weighted by molar-refractivity contribution is 5.82. The number of hydrogen-bond acceptors (Lipinski definition) is 5. The normalized spacial score (nSPS) is 10.6. The second-order valence-corrected chi connectivity index (χ2v) is 6.83. The third-order valence-corrected chi connectivity index (χ3v) is 4.68. The van der Waals surface area contributed by atoms with Crippen molar-refractivity contribution in [2.75, 3.05) is 19.0 Å². The van der Waals surface area contributed by atoms with Crippen molar-refractivity contribution in [2.24, 2.45) is 0 Å². The van der Waals surface area contributed by atoms with Gasteiger partial charge in [-0.05, 0) is 43.3 Å². The summed E-state index contributed by atoms with van der Waals surface area (Å²) in [6, 6.07) is 21.8. The number of anilines is 1. The van der Waals surface area contributed by atoms with Gasteiger partial charge < -0.3 is 4.90 Å². The number of fused-ring (bicyclic) bond motifs is 1. The zero-order valence-corrected chi connectivity index (χ0v) is 16.0. The van der Waals surface area contributed by atoms with Crippen molar-refractivity contribution < 1.29 is 0 Å². The van der Waals surface area contributed by atoms with Crippen molar-refractivity contribution in [2.45, 2.75) is 6.92 Å². The molecule has 0 aliphatic carbocycles. The lowest BCUT2D eigenvalue weighted by molar-refractivity contribution is 1.13. The molecule has 0 amide bonds. The van der Waals surface area contributed by atoms with Crippen molar-refractivity contribution in [1.29, 1.82) is 5.26 Å². The molecule has 0 bridgehead atoms. The van der Waals surface area contributed by atoms with Crippen LogP contribution < -0.4 is 4.90 Å². The van der Waals surface area contributed by atoms with Crippen LogP contribution in [-0.4, -0.2) is 29.0 Å². The first-order valence-corrected chi connectivity index (χ1v) is 8.99. The summed E-state index contributed by atoms with van der Waals surface area (Å²) in [6.07, 6.45) is 0. The minimum atomic E-state index is 0.578. The summed E-state index contributed by atoms with van der Waals surface area (Å²) in [5.74, 6) is 0.578. The van der Waals surface area contributed by atoms with Gasteiger partial charge in [0.1, 0.15) is 0 Å². The minimum absolute atomic E-state index is 0.578. The van der Waals surface area contributed by atoms with Crippen molar-refractivity contribution >= 4 is 16.7 Å². The summed E-state index contributed by atoms with van der Waals surface area (Å²) in [4.78, 5) is 16.1. The molecule has 0 fully saturated rings. The van der Waals surface area contributed by atoms with Gasteiger partial charge in [-0.25, -0.2) is 15.0 Å². The highest BCUT2D eigenvalue weighted by atomic mass is 15.1. The number of hydrogen-bond donors (Lipinski definition) is 0. The summed E-state index contributed by atoms with van der Waals surface area (Å²) >= 11 is 0. The molecule has 4 aromatic rings. The Morgan fingerprint density at radius 2 is 1.64 bits per heavy atom. The van der Waals surface area contributed by atoms with Crippen LogP contribution in [0.3, 0.4) is 0 Å². The number of rotatable bonds is 3. The molecule has 5 nitrogen and oxygen atoms in total. The van der Waals surface area contributed by atoms with Gasteiger partial charge in [-0.15, -0.1) is 0 Å². The standard InChI is InChI=1S/C23H19N5/c1-15-20-11-12-21(17-7-9-19(10-8-17)28(2)3)26-23(20)27-22(25-15)18-6-4-5-16(13-18)14-24/h4-13H,1-3H3. The molecule has 5 heteroatoms. The minimum Gasteiger partial charge on any atom is -0.378 e. The molecule has 0 spiro atoms. The quantitative estimate of drug-likeness (QED) is 0.531. The zero-order chi connectivity index (χ0) is 19.7. The predicted molar refractivity (Wildman–Crippen MR) is 112 cm³/mol. The molecule has 0 N–H and O–H groups in total. The highest BCUT2D eigenvalue weighted by Crippen LogP contribution is 2.25. The summed E-state index contributed by atoms with van der Waals surface area (Å²) < 4.78 is 0. The molecule has 0 saturated carbocycles. The predicted octanol–water partition coefficient (Wildman–Crippen LogP) is 4.60. The smallest absolute Gasteiger partial charge is 0.164 e. The van der Waals surface area contributed by atoms with E-state index in [-0.39, 0.29) is 0 Å². The van der Waals surface area contributed by atoms with E-state index in [4.69, 9.17) is 10.2 Å². The van der Waals surface area contributed by atoms with Gasteiger partial charge in [0.2, 0.25) is 0 Å². The zero-order valence-electron chi connectivity index (χ0n) is 16.0. The molecule has 2 aromatic carbocycles. The molecule has 0 aliphatic heterocycles. The molecule has 0 atom stereocenters. The van der Waals surface area contributed by atoms with Gasteiger partial charge in [0, 0.05) is 36.3 Å². The summed E-state index contributed by atoms with van der Waals surface area (Å²) in [5, 5.41) is 10.1. The largest absolute Gasteiger partial charge is 0.378 e. The van der Waals surface area contributed by atoms with E-state index in [0.717, 1.165) is 33.6 Å². The Hall–Kier alpha value is -3.78. The maximum atomic E-state index is 9.15. The van der Waals surface area contributed by atoms with Crippen molar-refractivity contribution in [3.8, 4) is 28.7 Å². The van der Waals surface area contributed by atoms with E-state index in [1.165, 1.54) is 0 Å². The van der Waals surface area contributed by atoms with E-state index in [9.17, 15) is 0 Å². The molecule has 4 rings (SSSR count). The summed E-state index contributed by atoms with van der Waals surface area (Å²) in [7, 11) is 4.04. The van der Waals surface area contributed by atoms with E-state index in [0.29, 0.717) is 17.0 Å². The van der Waals surface area contributed by atoms with E-state index in [2.05, 4.69) is 45.2 Å². The maximum absolute atomic E-state index is 9.15. The monoisotopic (exact) mass is 365 g/mol. The van der Waals surface area contributed by atoms with Crippen LogP contribution in [0.1, 0.15) is 11.3 Å². The Kier molecular flexibility index (Phi) is 4.46. The third kappa shape index (κ3) is 3.28. The molecule has 0 saturated heterocycles. The van der Waals surface area contributed by atoms with E-state index >= 15 is 0 Å². The number of nitriles is 1. The number of aryl methyl sites for hydroxylation is 1. The van der Waals surface area contributed by atoms with E-state index in [1.807, 2.05) is 45.3 Å². The average molecular weight is 365 g/mol. The van der Waals surface area contributed by atoms with Crippen molar-refractivity contribution in [3.05, 3.63) is 71.9 Å². The third-order valence-electron chi connectivity index (χ3n) is 4.68. The van der Waals surface area contributed by atoms with Crippen LogP contribution in [0.2, 0.25) is 0 Å². The SMILES string of the molecule is Cc1nc(-c2cccc(C#N)c2)nc2nc(-c3ccc(N(C)C)cc3)ccc12. The van der Waals surface area contributed by atoms with Crippen LogP contribution in [0.5, 0.6) is 0 Å². The molecule has 2 heterocycles. The first-order valence-electron chi connectivity index (χ1n) is 8.99. The second kappa shape index (κ2) is 7.09. The molecule has 136 valence electrons. The Morgan fingerprint density at radius 3 is 2.36 bits per heavy atom. The average Bonchev–Trinajstić information content (AvgIpc) is 2.73. The number of nitrogens with zero attached hydrogens (tertiary/aromatic N) is 5. The molecule has 2 aromatic heterocycles. The van der Waals surface area contributed by atoms with Crippen LogP contribution in [-0.2, 0) is 0 Å². The van der Waals surface area contributed by atoms with E-state index < -0.39 is 0 Å². The number of aromatic nitrogens is 3. The Bertz CT molecular complexity index is 1200. The van der Waals surface area contributed by atoms with Crippen LogP contribution in [0, 0.1) is 18.3 Å². The van der Waals surface area contributed by atoms with Gasteiger partial charge in [0.05, 0.1) is 23.0 Å². The van der Waals surface area contributed by atoms with Crippen LogP contribution in [0.25, 0.3) is 33.7 Å². The molecule has 0 radical (unpaired) electrons. The van der Waals surface area contributed by atoms with Gasteiger partial charge in [0.15, 0.2) is 11.5 Å². The lowest BCUT2D eigenvalue weighted by atomic mass is 10.1. The lowest BCUT2D eigenvalue weighted by Crippen LogP contribution is -2.07. The lowest BCUT2D eigenvalue weighted by Gasteiger charge is -2.12. The Labute approximate surface area is 163 Å². The van der Waals surface area contributed by atoms with Gasteiger partial charge in [0.25, 0.3) is 0 Å². The van der Waals surface area contributed by atoms with Gasteiger partial charge >= 0.3 is 0 Å². The van der Waals surface area contributed by atoms with Gasteiger partial charge in [-0.1, -0.05) is 24.3 Å². The first-order chi connectivity index (χ1) is 13.5. The van der Waals surface area contributed by atoms with Gasteiger partial charge in [-0.2, -0.15) is 5.26 Å². The first kappa shape index (κ1) is 17.6. The maximum Gasteiger partial charge on any atom is 0.164 e. The summed E-state index contributed by atoms with van der Waals surface area (Å²) in [5.41, 5.74) is 5.96. The fourth-order valence-electron chi connectivity index (χ4n) is 3.11. The molecule has 28 heavy (non-hydrogen) atoms. The molecule has 0 aliphatic rings. The van der Waals surface area contributed by atoms with Crippen molar-refractivity contribution in [3.63, 3.8) is 0 Å². The van der Waals surface area contributed by atoms with Crippen molar-refractivity contribution in [1.82, 2.24) is 15.0 Å². The summed E-state index contributed by atoms with van der Waals surface area (Å²) in [6.45, 7) is 1.95. The Morgan fingerprint density at radius 1 is 0.857 bits per heavy atom. The number of benzene rings is 2. The number of pyridine rings is 1. The fraction of sp³-hybridized carbons (Fsp3) is 0.130. The van der Waals surface area contributed by atoms with E-state index in [1.54, 1.807) is 12.1 Å². The molecule has 0 unspecified atom stereocenters. The van der Waals surface area contributed by atoms with Crippen LogP contribution in [0.15, 0.2) is 60.7 Å².